The zero-order chi connectivity index (χ0) is 20.3. The summed E-state index contributed by atoms with van der Waals surface area (Å²) in [5, 5.41) is 3.39. The molecule has 1 heterocycles. The highest BCUT2D eigenvalue weighted by molar-refractivity contribution is 6.34. The van der Waals surface area contributed by atoms with E-state index in [0.29, 0.717) is 32.7 Å². The maximum Gasteiger partial charge on any atom is 0.329 e. The molecule has 0 fully saturated rings. The molecule has 0 radical (unpaired) electrons. The molecule has 2 aromatic carbocycles. The molecule has 1 atom stereocenters. The minimum Gasteiger partial charge on any atom is -0.459 e. The van der Waals surface area contributed by atoms with Gasteiger partial charge in [0.25, 0.3) is 5.91 Å². The van der Waals surface area contributed by atoms with Gasteiger partial charge in [0.1, 0.15) is 12.6 Å². The van der Waals surface area contributed by atoms with Gasteiger partial charge in [-0.1, -0.05) is 49.2 Å². The van der Waals surface area contributed by atoms with E-state index in [9.17, 15) is 9.59 Å². The Balaban J connectivity index is 1.66. The lowest BCUT2D eigenvalue weighted by molar-refractivity contribution is -0.148. The van der Waals surface area contributed by atoms with Gasteiger partial charge in [-0.15, -0.1) is 0 Å². The van der Waals surface area contributed by atoms with E-state index in [1.807, 2.05) is 13.8 Å². The van der Waals surface area contributed by atoms with Crippen LogP contribution in [0.25, 0.3) is 0 Å². The van der Waals surface area contributed by atoms with Gasteiger partial charge < -0.3 is 19.5 Å². The number of hydrogen-bond donors (Lipinski definition) is 1. The molecule has 28 heavy (non-hydrogen) atoms. The summed E-state index contributed by atoms with van der Waals surface area (Å²) in [6.45, 7) is 3.72. The predicted molar refractivity (Wildman–Crippen MR) is 105 cm³/mol. The van der Waals surface area contributed by atoms with Gasteiger partial charge in [-0.05, 0) is 35.7 Å². The minimum atomic E-state index is -0.826. The lowest BCUT2D eigenvalue weighted by Crippen LogP contribution is -2.45. The van der Waals surface area contributed by atoms with E-state index in [1.54, 1.807) is 36.4 Å². The molecule has 1 amide bonds. The number of rotatable bonds is 6. The van der Waals surface area contributed by atoms with Crippen LogP contribution in [0.15, 0.2) is 36.4 Å². The SMILES string of the molecule is CC(C)[C@H](NC(=O)c1ccccc1Cl)C(=O)OCc1cc(Cl)c2c(c1)OCO2. The lowest BCUT2D eigenvalue weighted by atomic mass is 10.0. The largest absolute Gasteiger partial charge is 0.459 e. The molecule has 2 aromatic rings. The van der Waals surface area contributed by atoms with Crippen LogP contribution in [0.1, 0.15) is 29.8 Å². The third-order valence-electron chi connectivity index (χ3n) is 4.19. The number of ether oxygens (including phenoxy) is 3. The van der Waals surface area contributed by atoms with Crippen LogP contribution in [0.3, 0.4) is 0 Å². The molecule has 1 N–H and O–H groups in total. The van der Waals surface area contributed by atoms with Gasteiger partial charge in [-0.3, -0.25) is 4.79 Å². The summed E-state index contributed by atoms with van der Waals surface area (Å²) < 4.78 is 16.0. The van der Waals surface area contributed by atoms with E-state index in [2.05, 4.69) is 5.32 Å². The fourth-order valence-corrected chi connectivity index (χ4v) is 3.22. The predicted octanol–water partition coefficient (Wildman–Crippen LogP) is 4.22. The van der Waals surface area contributed by atoms with Crippen LogP contribution in [0.4, 0.5) is 0 Å². The Bertz CT molecular complexity index is 900. The summed E-state index contributed by atoms with van der Waals surface area (Å²) >= 11 is 12.2. The van der Waals surface area contributed by atoms with Gasteiger partial charge in [0.05, 0.1) is 15.6 Å². The van der Waals surface area contributed by atoms with Crippen LogP contribution in [0, 0.1) is 5.92 Å². The number of halogens is 2. The Kier molecular flexibility index (Phi) is 6.31. The minimum absolute atomic E-state index is 0.0135. The normalized spacial score (nSPS) is 13.3. The maximum atomic E-state index is 12.6. The summed E-state index contributed by atoms with van der Waals surface area (Å²) in [6, 6.07) is 9.16. The van der Waals surface area contributed by atoms with Gasteiger partial charge in [0.2, 0.25) is 6.79 Å². The van der Waals surface area contributed by atoms with Crippen molar-refractivity contribution in [2.45, 2.75) is 26.5 Å². The number of fused-ring (bicyclic) bond motifs is 1. The molecule has 8 heteroatoms. The molecule has 0 aliphatic carbocycles. The zero-order valence-corrected chi connectivity index (χ0v) is 16.8. The van der Waals surface area contributed by atoms with E-state index in [1.165, 1.54) is 0 Å². The standard InChI is InChI=1S/C20H19Cl2NO5/c1-11(2)17(23-19(24)13-5-3-4-6-14(13)21)20(25)26-9-12-7-15(22)18-16(8-12)27-10-28-18/h3-8,11,17H,9-10H2,1-2H3,(H,23,24)/t17-/m0/s1. The van der Waals surface area contributed by atoms with Crippen LogP contribution in [-0.4, -0.2) is 24.7 Å². The van der Waals surface area contributed by atoms with Crippen molar-refractivity contribution >= 4 is 35.1 Å². The first-order valence-electron chi connectivity index (χ1n) is 8.67. The molecule has 0 spiro atoms. The van der Waals surface area contributed by atoms with Crippen LogP contribution in [0.2, 0.25) is 10.0 Å². The maximum absolute atomic E-state index is 12.6. The summed E-state index contributed by atoms with van der Waals surface area (Å²) in [5.74, 6) is -0.189. The molecule has 0 aromatic heterocycles. The van der Waals surface area contributed by atoms with Crippen LogP contribution in [-0.2, 0) is 16.1 Å². The Morgan fingerprint density at radius 1 is 1.14 bits per heavy atom. The summed E-state index contributed by atoms with van der Waals surface area (Å²) in [4.78, 5) is 25.1. The molecular weight excluding hydrogens is 405 g/mol. The summed E-state index contributed by atoms with van der Waals surface area (Å²) in [7, 11) is 0. The highest BCUT2D eigenvalue weighted by Gasteiger charge is 2.27. The van der Waals surface area contributed by atoms with Crippen molar-refractivity contribution in [3.05, 3.63) is 57.6 Å². The molecule has 3 rings (SSSR count). The second kappa shape index (κ2) is 8.71. The van der Waals surface area contributed by atoms with Crippen molar-refractivity contribution in [2.24, 2.45) is 5.92 Å². The molecule has 0 unspecified atom stereocenters. The monoisotopic (exact) mass is 423 g/mol. The number of benzene rings is 2. The smallest absolute Gasteiger partial charge is 0.329 e. The van der Waals surface area contributed by atoms with Gasteiger partial charge >= 0.3 is 5.97 Å². The van der Waals surface area contributed by atoms with Crippen molar-refractivity contribution < 1.29 is 23.8 Å². The highest BCUT2D eigenvalue weighted by Crippen LogP contribution is 2.39. The average Bonchev–Trinajstić information content (AvgIpc) is 3.13. The Morgan fingerprint density at radius 2 is 1.89 bits per heavy atom. The third-order valence-corrected chi connectivity index (χ3v) is 4.80. The van der Waals surface area contributed by atoms with Gasteiger partial charge in [-0.2, -0.15) is 0 Å². The number of hydrogen-bond acceptors (Lipinski definition) is 5. The second-order valence-electron chi connectivity index (χ2n) is 6.59. The van der Waals surface area contributed by atoms with Crippen LogP contribution < -0.4 is 14.8 Å². The topological polar surface area (TPSA) is 73.9 Å². The zero-order valence-electron chi connectivity index (χ0n) is 15.3. The molecular formula is C20H19Cl2NO5. The van der Waals surface area contributed by atoms with Crippen molar-refractivity contribution in [3.8, 4) is 11.5 Å². The first-order valence-corrected chi connectivity index (χ1v) is 9.42. The molecule has 6 nitrogen and oxygen atoms in total. The summed E-state index contributed by atoms with van der Waals surface area (Å²) in [6.07, 6.45) is 0. The number of nitrogens with one attached hydrogen (secondary N) is 1. The van der Waals surface area contributed by atoms with Crippen molar-refractivity contribution in [1.82, 2.24) is 5.32 Å². The Hall–Kier alpha value is -2.44. The molecule has 1 aliphatic heterocycles. The van der Waals surface area contributed by atoms with E-state index < -0.39 is 17.9 Å². The van der Waals surface area contributed by atoms with Crippen molar-refractivity contribution in [3.63, 3.8) is 0 Å². The first kappa shape index (κ1) is 20.3. The number of esters is 1. The van der Waals surface area contributed by atoms with E-state index in [-0.39, 0.29) is 19.3 Å². The van der Waals surface area contributed by atoms with E-state index in [4.69, 9.17) is 37.4 Å². The number of carbonyl (C=O) groups excluding carboxylic acids is 2. The molecule has 1 aliphatic rings. The van der Waals surface area contributed by atoms with E-state index in [0.717, 1.165) is 0 Å². The quantitative estimate of drug-likeness (QED) is 0.703. The fourth-order valence-electron chi connectivity index (χ4n) is 2.71. The Morgan fingerprint density at radius 3 is 2.61 bits per heavy atom. The molecule has 0 saturated carbocycles. The van der Waals surface area contributed by atoms with E-state index >= 15 is 0 Å². The highest BCUT2D eigenvalue weighted by atomic mass is 35.5. The molecule has 0 bridgehead atoms. The molecule has 0 saturated heterocycles. The number of amides is 1. The van der Waals surface area contributed by atoms with Crippen LogP contribution >= 0.6 is 23.2 Å². The Labute approximate surface area is 172 Å². The van der Waals surface area contributed by atoms with Gasteiger partial charge in [-0.25, -0.2) is 4.79 Å². The lowest BCUT2D eigenvalue weighted by Gasteiger charge is -2.21. The average molecular weight is 424 g/mol. The van der Waals surface area contributed by atoms with Gasteiger partial charge in [0, 0.05) is 0 Å². The second-order valence-corrected chi connectivity index (χ2v) is 7.41. The van der Waals surface area contributed by atoms with Crippen molar-refractivity contribution in [2.75, 3.05) is 6.79 Å². The van der Waals surface area contributed by atoms with Crippen molar-refractivity contribution in [1.29, 1.82) is 0 Å². The third kappa shape index (κ3) is 4.51. The molecule has 148 valence electrons. The number of carbonyl (C=O) groups is 2. The van der Waals surface area contributed by atoms with Crippen LogP contribution in [0.5, 0.6) is 11.5 Å². The summed E-state index contributed by atoms with van der Waals surface area (Å²) in [5.41, 5.74) is 0.952. The first-order chi connectivity index (χ1) is 13.4. The fraction of sp³-hybridized carbons (Fsp3) is 0.300. The van der Waals surface area contributed by atoms with Gasteiger partial charge in [0.15, 0.2) is 11.5 Å².